The van der Waals surface area contributed by atoms with Crippen molar-refractivity contribution in [3.05, 3.63) is 0 Å². The predicted molar refractivity (Wildman–Crippen MR) is 50.9 cm³/mol. The Bertz CT molecular complexity index is 192. The van der Waals surface area contributed by atoms with E-state index in [1.54, 1.807) is 0 Å². The second-order valence-electron chi connectivity index (χ2n) is 3.34. The monoisotopic (exact) mass is 186 g/mol. The second kappa shape index (κ2) is 5.70. The normalized spacial score (nSPS) is 15.0. The molecular weight excluding hydrogens is 168 g/mol. The van der Waals surface area contributed by atoms with E-state index in [0.717, 1.165) is 12.8 Å². The van der Waals surface area contributed by atoms with Crippen LogP contribution in [0.25, 0.3) is 0 Å². The molecule has 0 aromatic rings. The lowest BCUT2D eigenvalue weighted by molar-refractivity contribution is -0.122. The average Bonchev–Trinajstić information content (AvgIpc) is 2.03. The summed E-state index contributed by atoms with van der Waals surface area (Å²) in [5.74, 6) is -0.576. The van der Waals surface area contributed by atoms with Crippen molar-refractivity contribution in [2.24, 2.45) is 17.4 Å². The van der Waals surface area contributed by atoms with Crippen LogP contribution in [0.15, 0.2) is 0 Å². The third-order valence-electron chi connectivity index (χ3n) is 2.12. The van der Waals surface area contributed by atoms with Gasteiger partial charge in [-0.05, 0) is 19.8 Å². The molecule has 1 amide bonds. The topological polar surface area (TPSA) is 86.2 Å². The lowest BCUT2D eigenvalue weighted by Gasteiger charge is -2.15. The SMILES string of the molecule is CCCC(C[C@H](N)C(N)=O)C(C)=O. The van der Waals surface area contributed by atoms with Crippen LogP contribution in [0.1, 0.15) is 33.1 Å². The van der Waals surface area contributed by atoms with E-state index >= 15 is 0 Å². The number of carbonyl (C=O) groups excluding carboxylic acids is 2. The quantitative estimate of drug-likeness (QED) is 0.621. The zero-order chi connectivity index (χ0) is 10.4. The molecular formula is C9H18N2O2. The van der Waals surface area contributed by atoms with E-state index in [1.807, 2.05) is 6.92 Å². The largest absolute Gasteiger partial charge is 0.368 e. The van der Waals surface area contributed by atoms with Crippen molar-refractivity contribution in [2.45, 2.75) is 39.2 Å². The van der Waals surface area contributed by atoms with E-state index < -0.39 is 11.9 Å². The molecule has 0 aromatic carbocycles. The third-order valence-corrected chi connectivity index (χ3v) is 2.12. The summed E-state index contributed by atoms with van der Waals surface area (Å²) in [7, 11) is 0. The van der Waals surface area contributed by atoms with Gasteiger partial charge in [-0.2, -0.15) is 0 Å². The van der Waals surface area contributed by atoms with Gasteiger partial charge in [0.05, 0.1) is 6.04 Å². The maximum atomic E-state index is 11.1. The van der Waals surface area contributed by atoms with E-state index in [4.69, 9.17) is 11.5 Å². The van der Waals surface area contributed by atoms with Crippen molar-refractivity contribution < 1.29 is 9.59 Å². The molecule has 0 rings (SSSR count). The molecule has 0 fully saturated rings. The molecule has 0 bridgehead atoms. The first kappa shape index (κ1) is 12.1. The number of carbonyl (C=O) groups is 2. The van der Waals surface area contributed by atoms with Gasteiger partial charge in [-0.25, -0.2) is 0 Å². The van der Waals surface area contributed by atoms with Gasteiger partial charge in [0.2, 0.25) is 5.91 Å². The number of rotatable bonds is 6. The molecule has 0 saturated heterocycles. The Morgan fingerprint density at radius 2 is 1.92 bits per heavy atom. The Labute approximate surface area is 78.7 Å². The van der Waals surface area contributed by atoms with Crippen molar-refractivity contribution in [3.8, 4) is 0 Å². The highest BCUT2D eigenvalue weighted by atomic mass is 16.1. The molecule has 0 radical (unpaired) electrons. The maximum absolute atomic E-state index is 11.1. The minimum Gasteiger partial charge on any atom is -0.368 e. The van der Waals surface area contributed by atoms with Gasteiger partial charge in [-0.3, -0.25) is 9.59 Å². The van der Waals surface area contributed by atoms with Crippen molar-refractivity contribution >= 4 is 11.7 Å². The number of amides is 1. The first-order valence-electron chi connectivity index (χ1n) is 4.54. The van der Waals surface area contributed by atoms with Crippen LogP contribution >= 0.6 is 0 Å². The van der Waals surface area contributed by atoms with Gasteiger partial charge in [0, 0.05) is 5.92 Å². The summed E-state index contributed by atoms with van der Waals surface area (Å²) in [5.41, 5.74) is 10.5. The highest BCUT2D eigenvalue weighted by molar-refractivity contribution is 5.82. The lowest BCUT2D eigenvalue weighted by Crippen LogP contribution is -2.39. The first-order chi connectivity index (χ1) is 5.99. The fraction of sp³-hybridized carbons (Fsp3) is 0.778. The maximum Gasteiger partial charge on any atom is 0.234 e. The summed E-state index contributed by atoms with van der Waals surface area (Å²) in [6.45, 7) is 3.51. The molecule has 2 atom stereocenters. The summed E-state index contributed by atoms with van der Waals surface area (Å²) >= 11 is 0. The Morgan fingerprint density at radius 3 is 2.23 bits per heavy atom. The fourth-order valence-electron chi connectivity index (χ4n) is 1.26. The third kappa shape index (κ3) is 4.62. The number of nitrogens with two attached hydrogens (primary N) is 2. The molecule has 4 N–H and O–H groups in total. The number of hydrogen-bond acceptors (Lipinski definition) is 3. The molecule has 13 heavy (non-hydrogen) atoms. The molecule has 1 unspecified atom stereocenters. The van der Waals surface area contributed by atoms with Gasteiger partial charge >= 0.3 is 0 Å². The zero-order valence-corrected chi connectivity index (χ0v) is 8.25. The summed E-state index contributed by atoms with van der Waals surface area (Å²) in [4.78, 5) is 21.7. The van der Waals surface area contributed by atoms with Crippen LogP contribution in [0.3, 0.4) is 0 Å². The Hall–Kier alpha value is -0.900. The van der Waals surface area contributed by atoms with Gasteiger partial charge in [0.25, 0.3) is 0 Å². The van der Waals surface area contributed by atoms with E-state index in [2.05, 4.69) is 0 Å². The number of ketones is 1. The molecule has 0 aliphatic rings. The smallest absolute Gasteiger partial charge is 0.234 e. The second-order valence-corrected chi connectivity index (χ2v) is 3.34. The lowest BCUT2D eigenvalue weighted by atomic mass is 9.92. The number of hydrogen-bond donors (Lipinski definition) is 2. The van der Waals surface area contributed by atoms with Crippen LogP contribution in [0, 0.1) is 5.92 Å². The standard InChI is InChI=1S/C9H18N2O2/c1-3-4-7(6(2)12)5-8(10)9(11)13/h7-8H,3-5,10H2,1-2H3,(H2,11,13)/t7?,8-/m0/s1. The van der Waals surface area contributed by atoms with Gasteiger partial charge in [-0.15, -0.1) is 0 Å². The minimum atomic E-state index is -0.694. The van der Waals surface area contributed by atoms with Gasteiger partial charge < -0.3 is 11.5 Å². The van der Waals surface area contributed by atoms with Crippen molar-refractivity contribution in [1.82, 2.24) is 0 Å². The van der Waals surface area contributed by atoms with Crippen LogP contribution in [0.4, 0.5) is 0 Å². The number of Topliss-reactive ketones (excluding diaryl/α,β-unsaturated/α-hetero) is 1. The molecule has 0 aliphatic heterocycles. The summed E-state index contributed by atoms with van der Waals surface area (Å²) in [5, 5.41) is 0. The molecule has 0 spiro atoms. The molecule has 0 aromatic heterocycles. The zero-order valence-electron chi connectivity index (χ0n) is 8.25. The van der Waals surface area contributed by atoms with Crippen LogP contribution in [0.2, 0.25) is 0 Å². The van der Waals surface area contributed by atoms with Crippen LogP contribution in [0.5, 0.6) is 0 Å². The molecule has 0 heterocycles. The van der Waals surface area contributed by atoms with Gasteiger partial charge in [0.1, 0.15) is 5.78 Å². The molecule has 76 valence electrons. The van der Waals surface area contributed by atoms with Crippen LogP contribution < -0.4 is 11.5 Å². The first-order valence-corrected chi connectivity index (χ1v) is 4.54. The Kier molecular flexibility index (Phi) is 5.30. The summed E-state index contributed by atoms with van der Waals surface area (Å²) in [6.07, 6.45) is 2.06. The highest BCUT2D eigenvalue weighted by Gasteiger charge is 2.19. The van der Waals surface area contributed by atoms with E-state index in [9.17, 15) is 9.59 Å². The fourth-order valence-corrected chi connectivity index (χ4v) is 1.26. The molecule has 4 heteroatoms. The van der Waals surface area contributed by atoms with E-state index in [1.165, 1.54) is 6.92 Å². The predicted octanol–water partition coefficient (Wildman–Crippen LogP) is 0.194. The summed E-state index contributed by atoms with van der Waals surface area (Å²) < 4.78 is 0. The van der Waals surface area contributed by atoms with E-state index in [-0.39, 0.29) is 11.7 Å². The van der Waals surface area contributed by atoms with Crippen molar-refractivity contribution in [1.29, 1.82) is 0 Å². The average molecular weight is 186 g/mol. The molecule has 0 aliphatic carbocycles. The summed E-state index contributed by atoms with van der Waals surface area (Å²) in [6, 6.07) is -0.694. The van der Waals surface area contributed by atoms with Crippen molar-refractivity contribution in [3.63, 3.8) is 0 Å². The Morgan fingerprint density at radius 1 is 1.38 bits per heavy atom. The Balaban J connectivity index is 4.09. The van der Waals surface area contributed by atoms with Crippen molar-refractivity contribution in [2.75, 3.05) is 0 Å². The van der Waals surface area contributed by atoms with Crippen LogP contribution in [-0.4, -0.2) is 17.7 Å². The molecule has 4 nitrogen and oxygen atoms in total. The highest BCUT2D eigenvalue weighted by Crippen LogP contribution is 2.13. The minimum absolute atomic E-state index is 0.0820. The van der Waals surface area contributed by atoms with Crippen LogP contribution in [-0.2, 0) is 9.59 Å². The number of primary amides is 1. The van der Waals surface area contributed by atoms with Gasteiger partial charge in [-0.1, -0.05) is 13.3 Å². The van der Waals surface area contributed by atoms with E-state index in [0.29, 0.717) is 6.42 Å². The molecule has 0 saturated carbocycles. The van der Waals surface area contributed by atoms with Gasteiger partial charge in [0.15, 0.2) is 0 Å².